The second-order valence-corrected chi connectivity index (χ2v) is 2.92. The Morgan fingerprint density at radius 2 is 2.21 bits per heavy atom. The van der Waals surface area contributed by atoms with Crippen LogP contribution in [0.3, 0.4) is 0 Å². The van der Waals surface area contributed by atoms with Crippen LogP contribution in [0.2, 0.25) is 0 Å². The van der Waals surface area contributed by atoms with Gasteiger partial charge in [0.05, 0.1) is 7.11 Å². The molecule has 1 aromatic heterocycles. The summed E-state index contributed by atoms with van der Waals surface area (Å²) < 4.78 is 10.0. The number of hydrogen-bond donors (Lipinski definition) is 0. The molecule has 1 aromatic carbocycles. The first-order valence-corrected chi connectivity index (χ1v) is 4.16. The molecule has 0 aliphatic carbocycles. The molecule has 2 rings (SSSR count). The monoisotopic (exact) mass is 191 g/mol. The van der Waals surface area contributed by atoms with Crippen molar-refractivity contribution in [3.63, 3.8) is 0 Å². The SMILES string of the molecule is COc1ccc2nc(C)c(=O)oc2c1. The molecule has 0 saturated heterocycles. The minimum Gasteiger partial charge on any atom is -0.497 e. The highest BCUT2D eigenvalue weighted by molar-refractivity contribution is 5.73. The van der Waals surface area contributed by atoms with Gasteiger partial charge < -0.3 is 9.15 Å². The molecule has 0 aliphatic rings. The van der Waals surface area contributed by atoms with Gasteiger partial charge in [-0.1, -0.05) is 0 Å². The van der Waals surface area contributed by atoms with Gasteiger partial charge >= 0.3 is 5.63 Å². The average Bonchev–Trinajstić information content (AvgIpc) is 2.19. The number of hydrogen-bond acceptors (Lipinski definition) is 4. The molecule has 0 unspecified atom stereocenters. The van der Waals surface area contributed by atoms with Crippen LogP contribution >= 0.6 is 0 Å². The van der Waals surface area contributed by atoms with Crippen molar-refractivity contribution in [2.24, 2.45) is 0 Å². The summed E-state index contributed by atoms with van der Waals surface area (Å²) in [6.45, 7) is 1.62. The van der Waals surface area contributed by atoms with Gasteiger partial charge in [-0.25, -0.2) is 9.78 Å². The van der Waals surface area contributed by atoms with Gasteiger partial charge in [-0.3, -0.25) is 0 Å². The van der Waals surface area contributed by atoms with Crippen LogP contribution in [0.15, 0.2) is 27.4 Å². The Morgan fingerprint density at radius 1 is 1.43 bits per heavy atom. The van der Waals surface area contributed by atoms with Crippen LogP contribution in [-0.4, -0.2) is 12.1 Å². The quantitative estimate of drug-likeness (QED) is 0.685. The van der Waals surface area contributed by atoms with Gasteiger partial charge in [-0.05, 0) is 19.1 Å². The summed E-state index contributed by atoms with van der Waals surface area (Å²) in [7, 11) is 1.56. The molecule has 0 amide bonds. The lowest BCUT2D eigenvalue weighted by atomic mass is 10.3. The van der Waals surface area contributed by atoms with Crippen LogP contribution < -0.4 is 10.4 Å². The Bertz CT molecular complexity index is 530. The van der Waals surface area contributed by atoms with E-state index in [1.807, 2.05) is 0 Å². The summed E-state index contributed by atoms with van der Waals surface area (Å²) >= 11 is 0. The molecule has 4 heteroatoms. The Balaban J connectivity index is 2.77. The maximum atomic E-state index is 11.2. The molecular weight excluding hydrogens is 182 g/mol. The summed E-state index contributed by atoms with van der Waals surface area (Å²) in [5, 5.41) is 0. The smallest absolute Gasteiger partial charge is 0.357 e. The van der Waals surface area contributed by atoms with Gasteiger partial charge in [0.2, 0.25) is 0 Å². The van der Waals surface area contributed by atoms with E-state index in [0.717, 1.165) is 0 Å². The van der Waals surface area contributed by atoms with Crippen molar-refractivity contribution >= 4 is 11.1 Å². The van der Waals surface area contributed by atoms with Crippen molar-refractivity contribution in [3.05, 3.63) is 34.3 Å². The second kappa shape index (κ2) is 3.14. The Kier molecular flexibility index (Phi) is 1.96. The predicted octanol–water partition coefficient (Wildman–Crippen LogP) is 1.51. The number of fused-ring (bicyclic) bond motifs is 1. The number of rotatable bonds is 1. The fourth-order valence-corrected chi connectivity index (χ4v) is 1.20. The number of aromatic nitrogens is 1. The first kappa shape index (κ1) is 8.74. The standard InChI is InChI=1S/C10H9NO3/c1-6-10(12)14-9-5-7(13-2)3-4-8(9)11-6/h3-5H,1-2H3. The normalized spacial score (nSPS) is 10.4. The van der Waals surface area contributed by atoms with E-state index in [9.17, 15) is 4.79 Å². The zero-order chi connectivity index (χ0) is 10.1. The topological polar surface area (TPSA) is 52.3 Å². The molecule has 4 nitrogen and oxygen atoms in total. The van der Waals surface area contributed by atoms with Crippen LogP contribution in [0.4, 0.5) is 0 Å². The van der Waals surface area contributed by atoms with Gasteiger partial charge in [0, 0.05) is 6.07 Å². The van der Waals surface area contributed by atoms with Crippen molar-refractivity contribution < 1.29 is 9.15 Å². The van der Waals surface area contributed by atoms with Gasteiger partial charge in [-0.2, -0.15) is 0 Å². The maximum Gasteiger partial charge on any atom is 0.357 e. The number of methoxy groups -OCH3 is 1. The van der Waals surface area contributed by atoms with E-state index in [1.165, 1.54) is 0 Å². The summed E-state index contributed by atoms with van der Waals surface area (Å²) in [4.78, 5) is 15.3. The third kappa shape index (κ3) is 1.35. The Hall–Kier alpha value is -1.84. The van der Waals surface area contributed by atoms with E-state index in [-0.39, 0.29) is 0 Å². The van der Waals surface area contributed by atoms with E-state index >= 15 is 0 Å². The van der Waals surface area contributed by atoms with Crippen LogP contribution in [-0.2, 0) is 0 Å². The molecule has 0 atom stereocenters. The molecule has 0 N–H and O–H groups in total. The summed E-state index contributed by atoms with van der Waals surface area (Å²) in [6, 6.07) is 5.17. The zero-order valence-electron chi connectivity index (χ0n) is 7.90. The molecule has 0 radical (unpaired) electrons. The molecule has 2 aromatic rings. The van der Waals surface area contributed by atoms with E-state index in [2.05, 4.69) is 4.98 Å². The molecular formula is C10H9NO3. The van der Waals surface area contributed by atoms with E-state index in [1.54, 1.807) is 32.2 Å². The molecule has 0 aliphatic heterocycles. The van der Waals surface area contributed by atoms with Crippen molar-refractivity contribution in [1.29, 1.82) is 0 Å². The van der Waals surface area contributed by atoms with Gasteiger partial charge in [0.1, 0.15) is 17.0 Å². The van der Waals surface area contributed by atoms with Crippen molar-refractivity contribution in [3.8, 4) is 5.75 Å². The molecule has 0 fully saturated rings. The lowest BCUT2D eigenvalue weighted by Gasteiger charge is -2.00. The average molecular weight is 191 g/mol. The van der Waals surface area contributed by atoms with Crippen LogP contribution in [0.5, 0.6) is 5.75 Å². The molecule has 0 bridgehead atoms. The fourth-order valence-electron chi connectivity index (χ4n) is 1.20. The highest BCUT2D eigenvalue weighted by Gasteiger charge is 2.03. The first-order valence-electron chi connectivity index (χ1n) is 4.16. The molecule has 0 spiro atoms. The summed E-state index contributed by atoms with van der Waals surface area (Å²) in [6.07, 6.45) is 0. The molecule has 14 heavy (non-hydrogen) atoms. The highest BCUT2D eigenvalue weighted by Crippen LogP contribution is 2.17. The highest BCUT2D eigenvalue weighted by atomic mass is 16.5. The number of ether oxygens (including phenoxy) is 1. The van der Waals surface area contributed by atoms with Crippen LogP contribution in [0, 0.1) is 6.92 Å². The zero-order valence-corrected chi connectivity index (χ0v) is 7.90. The minimum absolute atomic E-state index is 0.364. The maximum absolute atomic E-state index is 11.2. The third-order valence-electron chi connectivity index (χ3n) is 1.95. The minimum atomic E-state index is -0.411. The van der Waals surface area contributed by atoms with Crippen molar-refractivity contribution in [2.45, 2.75) is 6.92 Å². The Labute approximate surface area is 80.1 Å². The summed E-state index contributed by atoms with van der Waals surface area (Å²) in [5.41, 5.74) is 1.05. The van der Waals surface area contributed by atoms with Crippen molar-refractivity contribution in [2.75, 3.05) is 7.11 Å². The number of aryl methyl sites for hydroxylation is 1. The number of nitrogens with zero attached hydrogens (tertiary/aromatic N) is 1. The number of benzene rings is 1. The lowest BCUT2D eigenvalue weighted by molar-refractivity contribution is 0.414. The first-order chi connectivity index (χ1) is 6.70. The van der Waals surface area contributed by atoms with Gasteiger partial charge in [0.25, 0.3) is 0 Å². The van der Waals surface area contributed by atoms with Crippen molar-refractivity contribution in [1.82, 2.24) is 4.98 Å². The van der Waals surface area contributed by atoms with E-state index in [0.29, 0.717) is 22.5 Å². The third-order valence-corrected chi connectivity index (χ3v) is 1.95. The van der Waals surface area contributed by atoms with Gasteiger partial charge in [-0.15, -0.1) is 0 Å². The second-order valence-electron chi connectivity index (χ2n) is 2.92. The largest absolute Gasteiger partial charge is 0.497 e. The fraction of sp³-hybridized carbons (Fsp3) is 0.200. The van der Waals surface area contributed by atoms with E-state index in [4.69, 9.17) is 9.15 Å². The predicted molar refractivity (Wildman–Crippen MR) is 51.6 cm³/mol. The molecule has 1 heterocycles. The van der Waals surface area contributed by atoms with Crippen LogP contribution in [0.25, 0.3) is 11.1 Å². The lowest BCUT2D eigenvalue weighted by Crippen LogP contribution is -2.05. The van der Waals surface area contributed by atoms with E-state index < -0.39 is 5.63 Å². The molecule has 72 valence electrons. The Morgan fingerprint density at radius 3 is 2.93 bits per heavy atom. The summed E-state index contributed by atoms with van der Waals surface area (Å²) in [5.74, 6) is 0.645. The van der Waals surface area contributed by atoms with Crippen LogP contribution in [0.1, 0.15) is 5.69 Å². The van der Waals surface area contributed by atoms with Gasteiger partial charge in [0.15, 0.2) is 5.58 Å². The molecule has 0 saturated carbocycles.